The molecule has 27 heteroatoms. The highest BCUT2D eigenvalue weighted by atomic mass is 35.5. The second-order valence-corrected chi connectivity index (χ2v) is 32.4. The Kier molecular flexibility index (Phi) is 19.3. The van der Waals surface area contributed by atoms with Gasteiger partial charge in [-0.15, -0.1) is 23.7 Å². The SMILES string of the molecule is Cc1ccc(S(=O)(=O)n2c3c(c4ccc(F)cc42)CN(c2nc4ccc(Cl)cc4s2)CC3)cc1.Cc1ccc(S(=O)(=O)n2c3c(c4ccc(F)cc42)CNCC3)cc1.Cl.Clc1ccc2nc(Cl)sc2c1.Fc1ccc2c3c([nH]c2c1)CCN(c1nc2ccc(N4CCOCC4)cc2s1)C3. The van der Waals surface area contributed by atoms with Gasteiger partial charge in [0.2, 0.25) is 0 Å². The first-order valence-electron chi connectivity index (χ1n) is 31.6. The number of aryl methyl sites for hydroxylation is 2. The van der Waals surface area contributed by atoms with Crippen molar-refractivity contribution in [2.45, 2.75) is 62.5 Å². The number of aromatic amines is 1. The number of halogens is 7. The van der Waals surface area contributed by atoms with Crippen LogP contribution in [0.3, 0.4) is 0 Å². The van der Waals surface area contributed by atoms with E-state index in [2.05, 4.69) is 48.2 Å². The average molecular weight is 1510 g/mol. The second kappa shape index (κ2) is 28.0. The molecule has 18 rings (SSSR count). The standard InChI is InChI=1S/C25H19ClFN3O2S2.C22H21FN4OS.C18H17FN2O2S.C7H3Cl2NS.ClH/c1-15-2-6-18(7-3-15)34(31,32)30-22-10-11-29(14-20(22)19-8-5-17(27)13-23(19)30)25-28-21-9-4-16(26)12-24(21)33-25;23-14-1-3-16-17-13-27(6-5-18(17)24-20(16)11-14)22-25-19-4-2-15(12-21(19)29-22)26-7-9-28-10-8-26;1-12-2-5-14(6-3-12)24(22,23)21-17-8-9-20-11-16(17)15-7-4-13(19)10-18(15)21;8-4-1-2-5-6(3-4)11-7(9)10-5;/h2-9,12-13H,10-11,14H2,1H3;1-4,11-12,24H,5-10,13H2;2-7,10,20H,8-9,11H2,1H3;1-3H;1H. The Morgan fingerprint density at radius 2 is 0.990 bits per heavy atom. The molecule has 4 aliphatic heterocycles. The zero-order chi connectivity index (χ0) is 67.7. The first kappa shape index (κ1) is 68.4. The van der Waals surface area contributed by atoms with Crippen molar-refractivity contribution in [2.24, 2.45) is 0 Å². The van der Waals surface area contributed by atoms with E-state index in [1.807, 2.05) is 50.2 Å². The van der Waals surface area contributed by atoms with Crippen LogP contribution in [0.5, 0.6) is 0 Å². The monoisotopic (exact) mass is 1500 g/mol. The third-order valence-corrected chi connectivity index (χ3v) is 25.3. The quantitative estimate of drug-likeness (QED) is 0.155. The zero-order valence-electron chi connectivity index (χ0n) is 53.0. The van der Waals surface area contributed by atoms with E-state index < -0.39 is 31.7 Å². The van der Waals surface area contributed by atoms with Crippen molar-refractivity contribution in [1.82, 2.24) is 33.2 Å². The van der Waals surface area contributed by atoms with Crippen LogP contribution in [0.15, 0.2) is 168 Å². The smallest absolute Gasteiger partial charge is 0.268 e. The van der Waals surface area contributed by atoms with Crippen LogP contribution in [0.4, 0.5) is 29.1 Å². The minimum atomic E-state index is -3.90. The molecule has 0 saturated carbocycles. The molecule has 4 aliphatic rings. The number of nitrogens with one attached hydrogen (secondary N) is 2. The van der Waals surface area contributed by atoms with Crippen molar-refractivity contribution in [3.8, 4) is 0 Å². The van der Waals surface area contributed by atoms with Crippen LogP contribution >= 0.6 is 81.2 Å². The van der Waals surface area contributed by atoms with Gasteiger partial charge in [-0.3, -0.25) is 0 Å². The van der Waals surface area contributed by atoms with Gasteiger partial charge in [-0.1, -0.05) is 92.9 Å². The Bertz CT molecular complexity index is 5660. The number of hydrogen-bond donors (Lipinski definition) is 2. The molecule has 8 aromatic carbocycles. The average Bonchev–Trinajstić information content (AvgIpc) is 1.59. The predicted octanol–water partition coefficient (Wildman–Crippen LogP) is 17.5. The number of benzene rings is 8. The van der Waals surface area contributed by atoms with Crippen molar-refractivity contribution < 1.29 is 34.7 Å². The highest BCUT2D eigenvalue weighted by molar-refractivity contribution is 7.90. The fraction of sp³-hybridized carbons (Fsp3) is 0.208. The Balaban J connectivity index is 0.000000118. The van der Waals surface area contributed by atoms with E-state index in [0.717, 1.165) is 137 Å². The fourth-order valence-electron chi connectivity index (χ4n) is 13.2. The molecule has 0 amide bonds. The molecule has 0 radical (unpaired) electrons. The normalized spacial score (nSPS) is 14.7. The van der Waals surface area contributed by atoms with E-state index >= 15 is 0 Å². The van der Waals surface area contributed by atoms with Gasteiger partial charge in [0.1, 0.15) is 17.5 Å². The number of fused-ring (bicyclic) bond motifs is 12. The minimum Gasteiger partial charge on any atom is -0.378 e. The maximum Gasteiger partial charge on any atom is 0.268 e. The molecule has 0 atom stereocenters. The van der Waals surface area contributed by atoms with Gasteiger partial charge in [0.25, 0.3) is 20.0 Å². The van der Waals surface area contributed by atoms with Gasteiger partial charge < -0.3 is 29.7 Å². The lowest BCUT2D eigenvalue weighted by atomic mass is 10.1. The number of thiazole rings is 3. The summed E-state index contributed by atoms with van der Waals surface area (Å²) >= 11 is 22.3. The fourth-order valence-corrected chi connectivity index (χ4v) is 19.9. The summed E-state index contributed by atoms with van der Waals surface area (Å²) in [7, 11) is -7.68. The lowest BCUT2D eigenvalue weighted by Gasteiger charge is -2.28. The molecule has 10 heterocycles. The second-order valence-electron chi connectivity index (χ2n) is 24.3. The summed E-state index contributed by atoms with van der Waals surface area (Å²) in [5.41, 5.74) is 13.4. The molecule has 6 aromatic heterocycles. The molecule has 508 valence electrons. The summed E-state index contributed by atoms with van der Waals surface area (Å²) in [4.78, 5) is 24.4. The van der Waals surface area contributed by atoms with Crippen molar-refractivity contribution in [3.63, 3.8) is 0 Å². The maximum absolute atomic E-state index is 14.3. The molecule has 2 N–H and O–H groups in total. The molecular weight excluding hydrogens is 1440 g/mol. The molecule has 0 spiro atoms. The molecule has 0 bridgehead atoms. The van der Waals surface area contributed by atoms with Crippen LogP contribution in [0, 0.1) is 31.3 Å². The number of ether oxygens (including phenoxy) is 1. The van der Waals surface area contributed by atoms with Gasteiger partial charge in [-0.25, -0.2) is 52.9 Å². The third-order valence-electron chi connectivity index (χ3n) is 18.0. The summed E-state index contributed by atoms with van der Waals surface area (Å²) < 4.78 is 107. The van der Waals surface area contributed by atoms with E-state index in [-0.39, 0.29) is 28.0 Å². The Labute approximate surface area is 601 Å². The van der Waals surface area contributed by atoms with E-state index in [1.54, 1.807) is 102 Å². The van der Waals surface area contributed by atoms with Crippen molar-refractivity contribution in [1.29, 1.82) is 0 Å². The Morgan fingerprint density at radius 3 is 1.59 bits per heavy atom. The Morgan fingerprint density at radius 1 is 0.495 bits per heavy atom. The first-order chi connectivity index (χ1) is 47.3. The Hall–Kier alpha value is -7.78. The topological polar surface area (TPSA) is 164 Å². The van der Waals surface area contributed by atoms with Crippen LogP contribution in [-0.4, -0.2) is 90.7 Å². The summed E-state index contributed by atoms with van der Waals surface area (Å²) in [5.74, 6) is -1.11. The number of anilines is 3. The van der Waals surface area contributed by atoms with Crippen LogP contribution in [0.2, 0.25) is 14.5 Å². The number of nitrogens with zero attached hydrogens (tertiary/aromatic N) is 8. The van der Waals surface area contributed by atoms with E-state index in [9.17, 15) is 30.0 Å². The maximum atomic E-state index is 14.3. The molecule has 0 unspecified atom stereocenters. The van der Waals surface area contributed by atoms with Crippen LogP contribution < -0.4 is 20.0 Å². The minimum absolute atomic E-state index is 0. The molecule has 14 aromatic rings. The number of rotatable bonds is 7. The van der Waals surface area contributed by atoms with Crippen molar-refractivity contribution >= 4 is 181 Å². The number of morpholine rings is 1. The van der Waals surface area contributed by atoms with Crippen LogP contribution in [0.25, 0.3) is 63.4 Å². The van der Waals surface area contributed by atoms with Gasteiger partial charge in [0.15, 0.2) is 14.7 Å². The van der Waals surface area contributed by atoms with E-state index in [0.29, 0.717) is 65.2 Å². The number of hydrogen-bond acceptors (Lipinski definition) is 15. The van der Waals surface area contributed by atoms with Gasteiger partial charge in [-0.2, -0.15) is 0 Å². The first-order valence-corrected chi connectivity index (χ1v) is 38.0. The van der Waals surface area contributed by atoms with E-state index in [1.165, 1.54) is 65.2 Å². The number of H-pyrrole nitrogens is 1. The molecule has 1 fully saturated rings. The predicted molar refractivity (Wildman–Crippen MR) is 399 cm³/mol. The van der Waals surface area contributed by atoms with Gasteiger partial charge >= 0.3 is 0 Å². The molecule has 15 nitrogen and oxygen atoms in total. The van der Waals surface area contributed by atoms with Crippen LogP contribution in [0.1, 0.15) is 44.9 Å². The van der Waals surface area contributed by atoms with Crippen LogP contribution in [-0.2, 0) is 63.7 Å². The lowest BCUT2D eigenvalue weighted by molar-refractivity contribution is 0.122. The third kappa shape index (κ3) is 13.6. The van der Waals surface area contributed by atoms with Gasteiger partial charge in [0.05, 0.1) is 64.7 Å². The van der Waals surface area contributed by atoms with Gasteiger partial charge in [-0.05, 0) is 153 Å². The summed E-state index contributed by atoms with van der Waals surface area (Å²) in [5, 5.41) is 9.19. The largest absolute Gasteiger partial charge is 0.378 e. The lowest BCUT2D eigenvalue weighted by Crippen LogP contribution is -2.36. The van der Waals surface area contributed by atoms with Crippen molar-refractivity contribution in [2.75, 3.05) is 60.6 Å². The molecule has 99 heavy (non-hydrogen) atoms. The highest BCUT2D eigenvalue weighted by Crippen LogP contribution is 2.41. The summed E-state index contributed by atoms with van der Waals surface area (Å²) in [6.07, 6.45) is 2.00. The summed E-state index contributed by atoms with van der Waals surface area (Å²) in [6, 6.07) is 44.9. The molecule has 1 saturated heterocycles. The molecule has 0 aliphatic carbocycles. The van der Waals surface area contributed by atoms with E-state index in [4.69, 9.17) is 49.5 Å². The van der Waals surface area contributed by atoms with Gasteiger partial charge in [0, 0.05) is 137 Å². The number of aromatic nitrogens is 6. The molecular formula is C72H61Cl4F3N10O5S5. The summed E-state index contributed by atoms with van der Waals surface area (Å²) in [6.45, 7) is 11.4. The highest BCUT2D eigenvalue weighted by Gasteiger charge is 2.33. The zero-order valence-corrected chi connectivity index (χ0v) is 60.2. The van der Waals surface area contributed by atoms with Crippen molar-refractivity contribution in [3.05, 3.63) is 235 Å².